The largest absolute Gasteiger partial charge is 0.472 e. The molecular weight excluding hydrogens is 894 g/mol. The van der Waals surface area contributed by atoms with Crippen molar-refractivity contribution >= 4 is 49.9 Å². The van der Waals surface area contributed by atoms with Crippen LogP contribution in [0.1, 0.15) is 30.7 Å². The number of H-pyrrole nitrogens is 3. The quantitative estimate of drug-likeness (QED) is 0.0467. The van der Waals surface area contributed by atoms with Crippen LogP contribution in [0, 0.1) is 6.92 Å². The summed E-state index contributed by atoms with van der Waals surface area (Å²) in [6, 6.07) is 0. The molecule has 3 saturated heterocycles. The number of aryl methyl sites for hydroxylation is 1. The second-order valence-electron chi connectivity index (χ2n) is 14.4. The lowest BCUT2D eigenvalue weighted by Gasteiger charge is -2.25. The number of rotatable bonds is 14. The number of hydrogen-bond acceptors (Lipinski definition) is 23. The van der Waals surface area contributed by atoms with E-state index in [1.807, 2.05) is 0 Å². The van der Waals surface area contributed by atoms with E-state index in [-0.39, 0.29) is 39.8 Å². The number of aromatic amines is 3. The lowest BCUT2D eigenvalue weighted by atomic mass is 10.1. The number of aliphatic hydroxyl groups excluding tert-OH is 4. The average Bonchev–Trinajstić information content (AvgIpc) is 4.03. The molecule has 33 heteroatoms. The van der Waals surface area contributed by atoms with Crippen molar-refractivity contribution in [1.82, 2.24) is 48.6 Å². The average molecular weight is 933 g/mol. The Labute approximate surface area is 348 Å². The van der Waals surface area contributed by atoms with Crippen molar-refractivity contribution in [2.45, 2.75) is 80.9 Å². The molecule has 5 aromatic rings. The molecule has 5 aromatic heterocycles. The van der Waals surface area contributed by atoms with E-state index in [2.05, 4.69) is 34.9 Å². The minimum Gasteiger partial charge on any atom is -0.394 e. The van der Waals surface area contributed by atoms with Crippen LogP contribution < -0.4 is 33.8 Å². The Hall–Kier alpha value is -5.08. The maximum absolute atomic E-state index is 13.4. The zero-order chi connectivity index (χ0) is 45.3. The molecule has 0 aliphatic carbocycles. The Morgan fingerprint density at radius 2 is 1.29 bits per heavy atom. The van der Waals surface area contributed by atoms with Gasteiger partial charge in [0.25, 0.3) is 16.7 Å². The van der Waals surface area contributed by atoms with Crippen LogP contribution in [0.3, 0.4) is 0 Å². The Kier molecular flexibility index (Phi) is 11.9. The fourth-order valence-corrected chi connectivity index (χ4v) is 9.16. The van der Waals surface area contributed by atoms with Crippen LogP contribution in [-0.4, -0.2) is 147 Å². The van der Waals surface area contributed by atoms with Crippen LogP contribution in [0.15, 0.2) is 38.0 Å². The summed E-state index contributed by atoms with van der Waals surface area (Å²) in [5.41, 5.74) is 7.64. The number of nitrogens with zero attached hydrogens (tertiary/aromatic N) is 7. The van der Waals surface area contributed by atoms with E-state index in [4.69, 9.17) is 43.8 Å². The van der Waals surface area contributed by atoms with Crippen LogP contribution in [-0.2, 0) is 41.4 Å². The number of ether oxygens (including phenoxy) is 3. The van der Waals surface area contributed by atoms with Gasteiger partial charge in [-0.2, -0.15) is 9.97 Å². The first-order valence-electron chi connectivity index (χ1n) is 18.4. The fourth-order valence-electron chi connectivity index (χ4n) is 7.23. The monoisotopic (exact) mass is 932 g/mol. The van der Waals surface area contributed by atoms with E-state index >= 15 is 0 Å². The van der Waals surface area contributed by atoms with Gasteiger partial charge in [0.15, 0.2) is 34.8 Å². The molecule has 31 nitrogen and oxygen atoms in total. The zero-order valence-electron chi connectivity index (χ0n) is 32.1. The number of phosphoric ester groups is 2. The summed E-state index contributed by atoms with van der Waals surface area (Å²) < 4.78 is 68.0. The first-order valence-corrected chi connectivity index (χ1v) is 21.4. The molecule has 8 rings (SSSR count). The van der Waals surface area contributed by atoms with E-state index in [0.29, 0.717) is 0 Å². The number of anilines is 2. The summed E-state index contributed by atoms with van der Waals surface area (Å²) in [6.45, 7) is -1.35. The first-order chi connectivity index (χ1) is 29.7. The van der Waals surface area contributed by atoms with Crippen molar-refractivity contribution in [1.29, 1.82) is 0 Å². The highest BCUT2D eigenvalue weighted by Gasteiger charge is 2.51. The van der Waals surface area contributed by atoms with Crippen LogP contribution in [0.4, 0.5) is 11.9 Å². The Morgan fingerprint density at radius 1 is 0.746 bits per heavy atom. The van der Waals surface area contributed by atoms with Crippen LogP contribution in [0.5, 0.6) is 0 Å². The molecule has 3 aliphatic heterocycles. The minimum atomic E-state index is -5.32. The summed E-state index contributed by atoms with van der Waals surface area (Å²) in [5.74, 6) is -0.585. The van der Waals surface area contributed by atoms with Gasteiger partial charge in [-0.05, 0) is 6.92 Å². The number of nitrogens with one attached hydrogen (secondary N) is 3. The molecule has 342 valence electrons. The Balaban J connectivity index is 0.962. The number of nitrogens with two attached hydrogens (primary N) is 2. The second kappa shape index (κ2) is 16.8. The van der Waals surface area contributed by atoms with E-state index in [9.17, 15) is 58.5 Å². The smallest absolute Gasteiger partial charge is 0.394 e. The van der Waals surface area contributed by atoms with E-state index < -0.39 is 132 Å². The molecule has 3 aliphatic rings. The van der Waals surface area contributed by atoms with E-state index in [1.54, 1.807) is 0 Å². The van der Waals surface area contributed by atoms with E-state index in [1.165, 1.54) is 6.92 Å². The molecule has 0 radical (unpaired) electrons. The molecule has 0 spiro atoms. The standard InChI is InChI=1S/C30H38N12O19P2/c1-9-3-40(30(50)39-23(9)47)14-2-10(60-62(51,52)56-6-13-17(44)18(45)26(59-13)41-7-33-15-21(41)35-28(31)37-24(15)48)12(57-14)5-55-63(53,54)61-20-11(4-43)58-27(19(20)46)42-8-34-16-22(42)36-29(32)38-25(16)49/h3,7-8,10-14,17-20,26-27,43-46H,2,4-6H2,1H3,(H,51,52)(H,53,54)(H,39,47,50)(H3,31,35,37,48)(H3,32,36,38,49)/t10-,11+,12+,13+,14+,17+,18+,19+,20+,26+,27+/m0/s1. The zero-order valence-corrected chi connectivity index (χ0v) is 33.9. The predicted octanol–water partition coefficient (Wildman–Crippen LogP) is -4.56. The van der Waals surface area contributed by atoms with Gasteiger partial charge >= 0.3 is 21.3 Å². The normalized spacial score (nSPS) is 30.6. The number of aromatic nitrogens is 10. The number of aliphatic hydroxyl groups is 4. The van der Waals surface area contributed by atoms with Crippen molar-refractivity contribution in [3.8, 4) is 0 Å². The van der Waals surface area contributed by atoms with Gasteiger partial charge in [0.2, 0.25) is 11.9 Å². The highest BCUT2D eigenvalue weighted by molar-refractivity contribution is 7.47. The number of phosphoric acid groups is 2. The molecule has 63 heavy (non-hydrogen) atoms. The van der Waals surface area contributed by atoms with Crippen molar-refractivity contribution in [2.24, 2.45) is 0 Å². The number of nitrogen functional groups attached to an aromatic ring is 2. The van der Waals surface area contributed by atoms with Crippen molar-refractivity contribution in [3.05, 3.63) is 66.0 Å². The van der Waals surface area contributed by atoms with Gasteiger partial charge < -0.3 is 55.9 Å². The van der Waals surface area contributed by atoms with Crippen molar-refractivity contribution < 1.29 is 71.6 Å². The van der Waals surface area contributed by atoms with Crippen molar-refractivity contribution in [3.63, 3.8) is 0 Å². The van der Waals surface area contributed by atoms with Gasteiger partial charge in [-0.1, -0.05) is 0 Å². The molecule has 13 N–H and O–H groups in total. The fraction of sp³-hybridized carbons (Fsp3) is 0.533. The third-order valence-corrected chi connectivity index (χ3v) is 12.2. The summed E-state index contributed by atoms with van der Waals surface area (Å²) in [4.78, 5) is 93.4. The first kappa shape index (κ1) is 44.5. The highest BCUT2D eigenvalue weighted by atomic mass is 31.2. The van der Waals surface area contributed by atoms with Crippen LogP contribution in [0.25, 0.3) is 22.3 Å². The third kappa shape index (κ3) is 8.65. The number of fused-ring (bicyclic) bond motifs is 2. The van der Waals surface area contributed by atoms with Gasteiger partial charge in [0.1, 0.15) is 55.1 Å². The summed E-state index contributed by atoms with van der Waals surface area (Å²) in [7, 11) is -10.6. The van der Waals surface area contributed by atoms with Gasteiger partial charge in [0, 0.05) is 18.2 Å². The Morgan fingerprint density at radius 3 is 1.87 bits per heavy atom. The van der Waals surface area contributed by atoms with Gasteiger partial charge in [0.05, 0.1) is 32.5 Å². The molecule has 8 heterocycles. The topological polar surface area (TPSA) is 454 Å². The predicted molar refractivity (Wildman–Crippen MR) is 204 cm³/mol. The molecule has 3 fully saturated rings. The third-order valence-electron chi connectivity index (χ3n) is 10.2. The van der Waals surface area contributed by atoms with Gasteiger partial charge in [-0.25, -0.2) is 23.9 Å². The molecule has 0 amide bonds. The highest BCUT2D eigenvalue weighted by Crippen LogP contribution is 2.52. The van der Waals surface area contributed by atoms with Gasteiger partial charge in [-0.15, -0.1) is 0 Å². The lowest BCUT2D eigenvalue weighted by Crippen LogP contribution is -2.36. The minimum absolute atomic E-state index is 0.0639. The molecule has 0 aromatic carbocycles. The summed E-state index contributed by atoms with van der Waals surface area (Å²) >= 11 is 0. The van der Waals surface area contributed by atoms with Crippen LogP contribution >= 0.6 is 15.6 Å². The number of hydrogen-bond donors (Lipinski definition) is 11. The number of imidazole rings is 2. The lowest BCUT2D eigenvalue weighted by molar-refractivity contribution is -0.0623. The molecule has 13 atom stereocenters. The van der Waals surface area contributed by atoms with E-state index in [0.717, 1.165) is 32.6 Å². The molecular formula is C30H38N12O19P2. The Bertz CT molecular complexity index is 2880. The van der Waals surface area contributed by atoms with Crippen molar-refractivity contribution in [2.75, 3.05) is 31.3 Å². The second-order valence-corrected chi connectivity index (χ2v) is 17.2. The molecule has 2 unspecified atom stereocenters. The summed E-state index contributed by atoms with van der Waals surface area (Å²) in [5, 5.41) is 42.7. The maximum atomic E-state index is 13.4. The molecule has 0 saturated carbocycles. The van der Waals surface area contributed by atoms with Crippen LogP contribution in [0.2, 0.25) is 0 Å². The maximum Gasteiger partial charge on any atom is 0.472 e. The summed E-state index contributed by atoms with van der Waals surface area (Å²) in [6.07, 6.45) is -14.7. The van der Waals surface area contributed by atoms with Gasteiger partial charge in [-0.3, -0.25) is 61.1 Å². The SMILES string of the molecule is Cc1cn([C@H]2C[C@H](OP(=O)(O)OC[C@H]3O[C@@H](n4cnc5c(=O)[nH]c(N)nc54)[C@H](O)[C@@H]3O)[C@@H](COP(=O)(O)O[C@H]3[C@@H](O)[C@H](n4cnc5c(=O)[nH]c(N)nc54)O[C@@H]3CO)O2)c(=O)[nH]c1=O. The molecule has 0 bridgehead atoms.